The fraction of sp³-hybridized carbons (Fsp3) is 0.143. The van der Waals surface area contributed by atoms with Gasteiger partial charge in [0, 0.05) is 6.20 Å². The van der Waals surface area contributed by atoms with E-state index in [0.717, 1.165) is 0 Å². The molecule has 15 heavy (non-hydrogen) atoms. The summed E-state index contributed by atoms with van der Waals surface area (Å²) >= 11 is 0. The van der Waals surface area contributed by atoms with Crippen LogP contribution in [0.1, 0.15) is 11.3 Å². The highest BCUT2D eigenvalue weighted by molar-refractivity contribution is 5.44. The van der Waals surface area contributed by atoms with E-state index >= 15 is 0 Å². The molecule has 0 aliphatic carbocycles. The van der Waals surface area contributed by atoms with Crippen LogP contribution in [0.15, 0.2) is 12.3 Å². The van der Waals surface area contributed by atoms with Gasteiger partial charge in [0.1, 0.15) is 11.8 Å². The van der Waals surface area contributed by atoms with E-state index in [1.54, 1.807) is 0 Å². The van der Waals surface area contributed by atoms with Crippen molar-refractivity contribution in [3.8, 4) is 6.07 Å². The SMILES string of the molecule is N#Cc1cc([N+](=O)[O-])c(C(F)(F)F)cn1. The molecule has 0 radical (unpaired) electrons. The summed E-state index contributed by atoms with van der Waals surface area (Å²) in [6, 6.07) is 1.91. The third kappa shape index (κ3) is 2.19. The van der Waals surface area contributed by atoms with Crippen LogP contribution in [0.5, 0.6) is 0 Å². The molecule has 0 N–H and O–H groups in total. The third-order valence-corrected chi connectivity index (χ3v) is 1.50. The second-order valence-corrected chi connectivity index (χ2v) is 2.45. The summed E-state index contributed by atoms with van der Waals surface area (Å²) in [5.74, 6) is 0. The average molecular weight is 217 g/mol. The maximum atomic E-state index is 12.2. The third-order valence-electron chi connectivity index (χ3n) is 1.50. The van der Waals surface area contributed by atoms with E-state index < -0.39 is 28.0 Å². The van der Waals surface area contributed by atoms with Gasteiger partial charge in [-0.15, -0.1) is 0 Å². The molecule has 1 aromatic rings. The van der Waals surface area contributed by atoms with E-state index in [1.807, 2.05) is 0 Å². The number of rotatable bonds is 1. The highest BCUT2D eigenvalue weighted by atomic mass is 19.4. The van der Waals surface area contributed by atoms with Crippen LogP contribution < -0.4 is 0 Å². The van der Waals surface area contributed by atoms with Gasteiger partial charge in [-0.2, -0.15) is 18.4 Å². The fourth-order valence-electron chi connectivity index (χ4n) is 0.875. The number of pyridine rings is 1. The minimum absolute atomic E-state index is 0.274. The van der Waals surface area contributed by atoms with Gasteiger partial charge in [-0.1, -0.05) is 0 Å². The van der Waals surface area contributed by atoms with Gasteiger partial charge in [0.15, 0.2) is 5.56 Å². The van der Waals surface area contributed by atoms with Crippen molar-refractivity contribution in [3.05, 3.63) is 33.6 Å². The van der Waals surface area contributed by atoms with Gasteiger partial charge < -0.3 is 0 Å². The Kier molecular flexibility index (Phi) is 2.57. The first kappa shape index (κ1) is 10.9. The molecule has 8 heteroatoms. The Balaban J connectivity index is 3.42. The first-order valence-corrected chi connectivity index (χ1v) is 3.48. The predicted octanol–water partition coefficient (Wildman–Crippen LogP) is 1.88. The Bertz CT molecular complexity index is 450. The molecule has 0 atom stereocenters. The molecule has 1 rings (SSSR count). The van der Waals surface area contributed by atoms with E-state index in [4.69, 9.17) is 5.26 Å². The zero-order chi connectivity index (χ0) is 11.6. The first-order valence-electron chi connectivity index (χ1n) is 3.48. The number of nitro groups is 1. The van der Waals surface area contributed by atoms with Crippen LogP contribution in [-0.2, 0) is 6.18 Å². The lowest BCUT2D eigenvalue weighted by atomic mass is 10.2. The number of nitrogens with zero attached hydrogens (tertiary/aromatic N) is 3. The van der Waals surface area contributed by atoms with Crippen molar-refractivity contribution in [1.29, 1.82) is 5.26 Å². The maximum Gasteiger partial charge on any atom is 0.424 e. The largest absolute Gasteiger partial charge is 0.424 e. The number of nitriles is 1. The summed E-state index contributed by atoms with van der Waals surface area (Å²) in [6.45, 7) is 0. The van der Waals surface area contributed by atoms with Gasteiger partial charge in [-0.25, -0.2) is 4.98 Å². The second kappa shape index (κ2) is 3.53. The molecule has 0 saturated heterocycles. The first-order chi connectivity index (χ1) is 6.86. The Morgan fingerprint density at radius 2 is 2.13 bits per heavy atom. The summed E-state index contributed by atoms with van der Waals surface area (Å²) in [5.41, 5.74) is -3.07. The normalized spacial score (nSPS) is 10.8. The molecule has 0 aliphatic heterocycles. The average Bonchev–Trinajstić information content (AvgIpc) is 2.15. The van der Waals surface area contributed by atoms with Crippen molar-refractivity contribution in [2.75, 3.05) is 0 Å². The Hall–Kier alpha value is -2.17. The number of hydrogen-bond donors (Lipinski definition) is 0. The van der Waals surface area contributed by atoms with E-state index in [2.05, 4.69) is 4.98 Å². The standard InChI is InChI=1S/C7H2F3N3O2/c8-7(9,10)5-3-12-4(2-11)1-6(5)13(14)15/h1,3H. The maximum absolute atomic E-state index is 12.2. The Morgan fingerprint density at radius 3 is 2.53 bits per heavy atom. The monoisotopic (exact) mass is 217 g/mol. The molecule has 0 saturated carbocycles. The van der Waals surface area contributed by atoms with Crippen LogP contribution in [0, 0.1) is 21.4 Å². The molecule has 0 amide bonds. The summed E-state index contributed by atoms with van der Waals surface area (Å²) in [5, 5.41) is 18.6. The minimum atomic E-state index is -4.86. The summed E-state index contributed by atoms with van der Waals surface area (Å²) in [4.78, 5) is 12.2. The predicted molar refractivity (Wildman–Crippen MR) is 40.6 cm³/mol. The molecule has 1 aromatic heterocycles. The Morgan fingerprint density at radius 1 is 1.53 bits per heavy atom. The molecule has 1 heterocycles. The van der Waals surface area contributed by atoms with Crippen molar-refractivity contribution in [1.82, 2.24) is 4.98 Å². The zero-order valence-electron chi connectivity index (χ0n) is 6.95. The van der Waals surface area contributed by atoms with Crippen molar-refractivity contribution in [3.63, 3.8) is 0 Å². The smallest absolute Gasteiger partial charge is 0.258 e. The summed E-state index contributed by atoms with van der Waals surface area (Å²) in [6.07, 6.45) is -4.58. The Labute approximate surface area is 80.9 Å². The van der Waals surface area contributed by atoms with Crippen LogP contribution in [-0.4, -0.2) is 9.91 Å². The molecule has 0 spiro atoms. The van der Waals surface area contributed by atoms with E-state index in [0.29, 0.717) is 6.07 Å². The van der Waals surface area contributed by atoms with Crippen LogP contribution in [0.2, 0.25) is 0 Å². The lowest BCUT2D eigenvalue weighted by Crippen LogP contribution is -2.10. The van der Waals surface area contributed by atoms with Gasteiger partial charge in [-0.3, -0.25) is 10.1 Å². The van der Waals surface area contributed by atoms with Gasteiger partial charge in [0.2, 0.25) is 0 Å². The van der Waals surface area contributed by atoms with E-state index in [-0.39, 0.29) is 6.20 Å². The summed E-state index contributed by atoms with van der Waals surface area (Å²) in [7, 11) is 0. The summed E-state index contributed by atoms with van der Waals surface area (Å²) < 4.78 is 36.7. The van der Waals surface area contributed by atoms with Gasteiger partial charge in [-0.05, 0) is 0 Å². The number of alkyl halides is 3. The van der Waals surface area contributed by atoms with Gasteiger partial charge >= 0.3 is 6.18 Å². The number of hydrogen-bond acceptors (Lipinski definition) is 4. The van der Waals surface area contributed by atoms with E-state index in [1.165, 1.54) is 6.07 Å². The minimum Gasteiger partial charge on any atom is -0.258 e. The number of aromatic nitrogens is 1. The molecule has 78 valence electrons. The molecular formula is C7H2F3N3O2. The topological polar surface area (TPSA) is 79.8 Å². The van der Waals surface area contributed by atoms with Crippen LogP contribution in [0.4, 0.5) is 18.9 Å². The van der Waals surface area contributed by atoms with Crippen molar-refractivity contribution in [2.24, 2.45) is 0 Å². The molecule has 0 fully saturated rings. The lowest BCUT2D eigenvalue weighted by molar-refractivity contribution is -0.388. The molecular weight excluding hydrogens is 215 g/mol. The highest BCUT2D eigenvalue weighted by Crippen LogP contribution is 2.35. The van der Waals surface area contributed by atoms with Crippen LogP contribution in [0.25, 0.3) is 0 Å². The quantitative estimate of drug-likeness (QED) is 0.531. The zero-order valence-corrected chi connectivity index (χ0v) is 6.95. The fourth-order valence-corrected chi connectivity index (χ4v) is 0.875. The molecule has 0 unspecified atom stereocenters. The molecule has 0 bridgehead atoms. The van der Waals surface area contributed by atoms with E-state index in [9.17, 15) is 23.3 Å². The van der Waals surface area contributed by atoms with Crippen LogP contribution >= 0.6 is 0 Å². The van der Waals surface area contributed by atoms with Crippen LogP contribution in [0.3, 0.4) is 0 Å². The highest BCUT2D eigenvalue weighted by Gasteiger charge is 2.38. The van der Waals surface area contributed by atoms with Gasteiger partial charge in [0.25, 0.3) is 5.69 Å². The molecule has 0 aromatic carbocycles. The van der Waals surface area contributed by atoms with Crippen molar-refractivity contribution in [2.45, 2.75) is 6.18 Å². The molecule has 0 aliphatic rings. The lowest BCUT2D eigenvalue weighted by Gasteiger charge is -2.05. The van der Waals surface area contributed by atoms with Crippen molar-refractivity contribution >= 4 is 5.69 Å². The van der Waals surface area contributed by atoms with Gasteiger partial charge in [0.05, 0.1) is 11.0 Å². The second-order valence-electron chi connectivity index (χ2n) is 2.45. The number of halogens is 3. The van der Waals surface area contributed by atoms with Crippen molar-refractivity contribution < 1.29 is 18.1 Å². The molecule has 5 nitrogen and oxygen atoms in total.